The molecule has 1 atom stereocenters. The SMILES string of the molecule is NCCCC[C@H](NC(=O)CCc1ccc(CCl)cc1)C(=O)O. The molecule has 1 aromatic carbocycles. The van der Waals surface area contributed by atoms with Gasteiger partial charge >= 0.3 is 5.97 Å². The number of unbranched alkanes of at least 4 members (excludes halogenated alkanes) is 1. The predicted octanol–water partition coefficient (Wildman–Crippen LogP) is 2.06. The first-order valence-electron chi connectivity index (χ1n) is 7.42. The second kappa shape index (κ2) is 10.2. The Morgan fingerprint density at radius 3 is 2.36 bits per heavy atom. The largest absolute Gasteiger partial charge is 0.480 e. The van der Waals surface area contributed by atoms with Crippen molar-refractivity contribution in [3.05, 3.63) is 35.4 Å². The lowest BCUT2D eigenvalue weighted by atomic mass is 10.1. The van der Waals surface area contributed by atoms with E-state index in [-0.39, 0.29) is 12.3 Å². The topological polar surface area (TPSA) is 92.4 Å². The Bertz CT molecular complexity index is 477. The van der Waals surface area contributed by atoms with E-state index >= 15 is 0 Å². The van der Waals surface area contributed by atoms with Crippen molar-refractivity contribution in [3.63, 3.8) is 0 Å². The van der Waals surface area contributed by atoms with Crippen molar-refractivity contribution >= 4 is 23.5 Å². The van der Waals surface area contributed by atoms with E-state index in [2.05, 4.69) is 5.32 Å². The summed E-state index contributed by atoms with van der Waals surface area (Å²) in [6, 6.07) is 6.87. The molecule has 0 spiro atoms. The van der Waals surface area contributed by atoms with Crippen molar-refractivity contribution in [1.82, 2.24) is 5.32 Å². The number of carbonyl (C=O) groups is 2. The van der Waals surface area contributed by atoms with Crippen LogP contribution < -0.4 is 11.1 Å². The number of nitrogens with two attached hydrogens (primary N) is 1. The number of halogens is 1. The molecule has 0 bridgehead atoms. The molecule has 0 heterocycles. The van der Waals surface area contributed by atoms with E-state index in [9.17, 15) is 9.59 Å². The van der Waals surface area contributed by atoms with Crippen LogP contribution in [0, 0.1) is 0 Å². The molecule has 0 aliphatic heterocycles. The average Bonchev–Trinajstić information content (AvgIpc) is 2.52. The van der Waals surface area contributed by atoms with Gasteiger partial charge in [0, 0.05) is 12.3 Å². The number of nitrogens with one attached hydrogen (secondary N) is 1. The predicted molar refractivity (Wildman–Crippen MR) is 86.8 cm³/mol. The van der Waals surface area contributed by atoms with Crippen LogP contribution in [0.3, 0.4) is 0 Å². The third-order valence-electron chi connectivity index (χ3n) is 3.40. The minimum atomic E-state index is -1.00. The van der Waals surface area contributed by atoms with Crippen LogP contribution in [0.2, 0.25) is 0 Å². The molecule has 4 N–H and O–H groups in total. The quantitative estimate of drug-likeness (QED) is 0.453. The third kappa shape index (κ3) is 6.91. The molecule has 6 heteroatoms. The summed E-state index contributed by atoms with van der Waals surface area (Å²) in [7, 11) is 0. The minimum absolute atomic E-state index is 0.249. The maximum absolute atomic E-state index is 11.9. The van der Waals surface area contributed by atoms with Gasteiger partial charge in [0.2, 0.25) is 5.91 Å². The number of rotatable bonds is 10. The fourth-order valence-corrected chi connectivity index (χ4v) is 2.25. The van der Waals surface area contributed by atoms with Crippen molar-refractivity contribution in [3.8, 4) is 0 Å². The second-order valence-corrected chi connectivity index (χ2v) is 5.46. The van der Waals surface area contributed by atoms with Crippen molar-refractivity contribution in [1.29, 1.82) is 0 Å². The van der Waals surface area contributed by atoms with Crippen LogP contribution in [0.1, 0.15) is 36.8 Å². The van der Waals surface area contributed by atoms with E-state index in [0.717, 1.165) is 17.5 Å². The van der Waals surface area contributed by atoms with Crippen LogP contribution in [-0.4, -0.2) is 29.6 Å². The maximum atomic E-state index is 11.9. The minimum Gasteiger partial charge on any atom is -0.480 e. The lowest BCUT2D eigenvalue weighted by molar-refractivity contribution is -0.142. The van der Waals surface area contributed by atoms with Gasteiger partial charge in [-0.2, -0.15) is 0 Å². The van der Waals surface area contributed by atoms with Gasteiger partial charge in [-0.25, -0.2) is 4.79 Å². The van der Waals surface area contributed by atoms with Gasteiger partial charge in [0.05, 0.1) is 0 Å². The lowest BCUT2D eigenvalue weighted by Gasteiger charge is -2.14. The van der Waals surface area contributed by atoms with Crippen LogP contribution in [0.25, 0.3) is 0 Å². The Kier molecular flexibility index (Phi) is 8.55. The van der Waals surface area contributed by atoms with E-state index in [1.807, 2.05) is 24.3 Å². The highest BCUT2D eigenvalue weighted by atomic mass is 35.5. The van der Waals surface area contributed by atoms with Crippen molar-refractivity contribution in [2.45, 2.75) is 44.0 Å². The summed E-state index contributed by atoms with van der Waals surface area (Å²) in [5.74, 6) is -0.789. The van der Waals surface area contributed by atoms with Gasteiger partial charge < -0.3 is 16.2 Å². The smallest absolute Gasteiger partial charge is 0.326 e. The van der Waals surface area contributed by atoms with Crippen LogP contribution in [0.5, 0.6) is 0 Å². The molecular formula is C16H23ClN2O3. The van der Waals surface area contributed by atoms with Gasteiger partial charge in [0.15, 0.2) is 0 Å². The van der Waals surface area contributed by atoms with Gasteiger partial charge in [-0.15, -0.1) is 11.6 Å². The van der Waals surface area contributed by atoms with E-state index in [1.54, 1.807) is 0 Å². The number of alkyl halides is 1. The lowest BCUT2D eigenvalue weighted by Crippen LogP contribution is -2.40. The molecule has 0 aliphatic rings. The highest BCUT2D eigenvalue weighted by Crippen LogP contribution is 2.09. The zero-order valence-electron chi connectivity index (χ0n) is 12.6. The summed E-state index contributed by atoms with van der Waals surface area (Å²) in [4.78, 5) is 23.0. The van der Waals surface area contributed by atoms with Crippen molar-refractivity contribution in [2.75, 3.05) is 6.54 Å². The Hall–Kier alpha value is -1.59. The zero-order chi connectivity index (χ0) is 16.4. The zero-order valence-corrected chi connectivity index (χ0v) is 13.3. The van der Waals surface area contributed by atoms with Crippen molar-refractivity contribution in [2.24, 2.45) is 5.73 Å². The number of aryl methyl sites for hydroxylation is 1. The molecule has 0 aliphatic carbocycles. The van der Waals surface area contributed by atoms with Gasteiger partial charge in [-0.3, -0.25) is 4.79 Å². The number of carbonyl (C=O) groups excluding carboxylic acids is 1. The highest BCUT2D eigenvalue weighted by Gasteiger charge is 2.18. The number of aliphatic carboxylic acids is 1. The maximum Gasteiger partial charge on any atom is 0.326 e. The van der Waals surface area contributed by atoms with Gasteiger partial charge in [-0.05, 0) is 43.4 Å². The monoisotopic (exact) mass is 326 g/mol. The summed E-state index contributed by atoms with van der Waals surface area (Å²) < 4.78 is 0. The molecule has 0 unspecified atom stereocenters. The summed E-state index contributed by atoms with van der Waals surface area (Å²) >= 11 is 5.72. The fourth-order valence-electron chi connectivity index (χ4n) is 2.07. The van der Waals surface area contributed by atoms with E-state index in [1.165, 1.54) is 0 Å². The van der Waals surface area contributed by atoms with Crippen LogP contribution >= 0.6 is 11.6 Å². The first kappa shape index (κ1) is 18.5. The molecule has 0 fully saturated rings. The number of amides is 1. The molecule has 1 amide bonds. The molecular weight excluding hydrogens is 304 g/mol. The average molecular weight is 327 g/mol. The molecule has 0 radical (unpaired) electrons. The first-order chi connectivity index (χ1) is 10.6. The Morgan fingerprint density at radius 2 is 1.82 bits per heavy atom. The van der Waals surface area contributed by atoms with Crippen LogP contribution in [0.15, 0.2) is 24.3 Å². The number of hydrogen-bond donors (Lipinski definition) is 3. The van der Waals surface area contributed by atoms with Gasteiger partial charge in [0.25, 0.3) is 0 Å². The standard InChI is InChI=1S/C16H23ClN2O3/c17-11-13-6-4-12(5-7-13)8-9-15(20)19-14(16(21)22)3-1-2-10-18/h4-7,14H,1-3,8-11,18H2,(H,19,20)(H,21,22)/t14-/m0/s1. The first-order valence-corrected chi connectivity index (χ1v) is 7.96. The van der Waals surface area contributed by atoms with E-state index < -0.39 is 12.0 Å². The second-order valence-electron chi connectivity index (χ2n) is 5.19. The number of hydrogen-bond acceptors (Lipinski definition) is 3. The van der Waals surface area contributed by atoms with Gasteiger partial charge in [-0.1, -0.05) is 24.3 Å². The Balaban J connectivity index is 2.40. The Morgan fingerprint density at radius 1 is 1.18 bits per heavy atom. The van der Waals surface area contributed by atoms with Crippen LogP contribution in [-0.2, 0) is 21.9 Å². The third-order valence-corrected chi connectivity index (χ3v) is 3.71. The Labute approximate surface area is 135 Å². The molecule has 22 heavy (non-hydrogen) atoms. The molecule has 1 aromatic rings. The summed E-state index contributed by atoms with van der Waals surface area (Å²) in [6.45, 7) is 0.526. The summed E-state index contributed by atoms with van der Waals surface area (Å²) in [5, 5.41) is 11.7. The van der Waals surface area contributed by atoms with Crippen LogP contribution in [0.4, 0.5) is 0 Å². The molecule has 122 valence electrons. The summed E-state index contributed by atoms with van der Waals surface area (Å²) in [5.41, 5.74) is 7.44. The number of carboxylic acid groups (broad SMARTS) is 1. The van der Waals surface area contributed by atoms with Crippen molar-refractivity contribution < 1.29 is 14.7 Å². The fraction of sp³-hybridized carbons (Fsp3) is 0.500. The molecule has 0 aromatic heterocycles. The molecule has 0 saturated heterocycles. The molecule has 1 rings (SSSR count). The summed E-state index contributed by atoms with van der Waals surface area (Å²) in [6.07, 6.45) is 2.69. The number of carboxylic acids is 1. The normalized spacial score (nSPS) is 11.9. The highest BCUT2D eigenvalue weighted by molar-refractivity contribution is 6.17. The molecule has 5 nitrogen and oxygen atoms in total. The van der Waals surface area contributed by atoms with E-state index in [0.29, 0.717) is 31.7 Å². The van der Waals surface area contributed by atoms with Gasteiger partial charge in [0.1, 0.15) is 6.04 Å². The number of benzene rings is 1. The molecule has 0 saturated carbocycles. The van der Waals surface area contributed by atoms with E-state index in [4.69, 9.17) is 22.4 Å².